The van der Waals surface area contributed by atoms with Crippen LogP contribution in [0, 0.1) is 0 Å². The van der Waals surface area contributed by atoms with Gasteiger partial charge in [0.15, 0.2) is 0 Å². The van der Waals surface area contributed by atoms with Crippen molar-refractivity contribution in [2.75, 3.05) is 11.9 Å². The maximum Gasteiger partial charge on any atom is 0.319 e. The van der Waals surface area contributed by atoms with Crippen LogP contribution in [0.25, 0.3) is 0 Å². The van der Waals surface area contributed by atoms with Crippen LogP contribution in [0.2, 0.25) is 0 Å². The summed E-state index contributed by atoms with van der Waals surface area (Å²) in [5.74, 6) is 0. The molecule has 3 N–H and O–H groups in total. The molecule has 0 saturated heterocycles. The van der Waals surface area contributed by atoms with E-state index >= 15 is 0 Å². The van der Waals surface area contributed by atoms with Crippen LogP contribution in [0.1, 0.15) is 13.3 Å². The topological polar surface area (TPSA) is 61.4 Å². The molecule has 0 fully saturated rings. The molecular weight excluding hydrogens is 200 g/mol. The van der Waals surface area contributed by atoms with Gasteiger partial charge >= 0.3 is 6.03 Å². The fourth-order valence-corrected chi connectivity index (χ4v) is 1.49. The summed E-state index contributed by atoms with van der Waals surface area (Å²) in [4.78, 5) is 11.2. The molecule has 0 radical (unpaired) electrons. The quantitative estimate of drug-likeness (QED) is 0.713. The molecule has 1 heterocycles. The molecule has 14 heavy (non-hydrogen) atoms. The lowest BCUT2D eigenvalue weighted by Gasteiger charge is -2.07. The highest BCUT2D eigenvalue weighted by Crippen LogP contribution is 2.10. The van der Waals surface area contributed by atoms with Gasteiger partial charge in [-0.2, -0.15) is 11.3 Å². The molecule has 0 aliphatic carbocycles. The summed E-state index contributed by atoms with van der Waals surface area (Å²) in [5.41, 5.74) is 0.796. The molecule has 0 aromatic carbocycles. The van der Waals surface area contributed by atoms with Crippen LogP contribution in [0.3, 0.4) is 0 Å². The van der Waals surface area contributed by atoms with Crippen molar-refractivity contribution < 1.29 is 9.90 Å². The van der Waals surface area contributed by atoms with Gasteiger partial charge in [-0.05, 0) is 24.8 Å². The van der Waals surface area contributed by atoms with Crippen molar-refractivity contribution in [1.82, 2.24) is 5.32 Å². The monoisotopic (exact) mass is 214 g/mol. The SMILES string of the molecule is CC(O)CCNC(=O)Nc1ccsc1. The summed E-state index contributed by atoms with van der Waals surface area (Å²) in [6, 6.07) is 1.60. The van der Waals surface area contributed by atoms with Crippen molar-refractivity contribution in [3.8, 4) is 0 Å². The highest BCUT2D eigenvalue weighted by atomic mass is 32.1. The summed E-state index contributed by atoms with van der Waals surface area (Å²) in [6.07, 6.45) is 0.188. The van der Waals surface area contributed by atoms with Gasteiger partial charge in [0.2, 0.25) is 0 Å². The summed E-state index contributed by atoms with van der Waals surface area (Å²) in [5, 5.41) is 18.0. The van der Waals surface area contributed by atoms with Gasteiger partial charge in [-0.25, -0.2) is 4.79 Å². The Labute approximate surface area is 87.0 Å². The van der Waals surface area contributed by atoms with Gasteiger partial charge < -0.3 is 15.7 Å². The number of amides is 2. The van der Waals surface area contributed by atoms with Crippen molar-refractivity contribution >= 4 is 23.1 Å². The minimum atomic E-state index is -0.378. The van der Waals surface area contributed by atoms with Crippen molar-refractivity contribution in [2.45, 2.75) is 19.4 Å². The van der Waals surface area contributed by atoms with E-state index in [0.717, 1.165) is 5.69 Å². The van der Waals surface area contributed by atoms with Crippen LogP contribution in [-0.2, 0) is 0 Å². The number of hydrogen-bond donors (Lipinski definition) is 3. The van der Waals surface area contributed by atoms with Crippen LogP contribution >= 0.6 is 11.3 Å². The van der Waals surface area contributed by atoms with Gasteiger partial charge in [0, 0.05) is 11.9 Å². The number of aliphatic hydroxyl groups is 1. The van der Waals surface area contributed by atoms with Gasteiger partial charge in [0.25, 0.3) is 0 Å². The highest BCUT2D eigenvalue weighted by Gasteiger charge is 2.01. The molecule has 2 amide bonds. The number of nitrogens with one attached hydrogen (secondary N) is 2. The Bertz CT molecular complexity index is 272. The van der Waals surface area contributed by atoms with Crippen LogP contribution < -0.4 is 10.6 Å². The van der Waals surface area contributed by atoms with E-state index in [1.165, 1.54) is 11.3 Å². The zero-order valence-electron chi connectivity index (χ0n) is 7.99. The third kappa shape index (κ3) is 4.25. The Balaban J connectivity index is 2.17. The molecule has 5 heteroatoms. The average molecular weight is 214 g/mol. The molecule has 4 nitrogen and oxygen atoms in total. The summed E-state index contributed by atoms with van der Waals surface area (Å²) >= 11 is 1.53. The molecule has 1 aromatic rings. The Morgan fingerprint density at radius 3 is 3.07 bits per heavy atom. The second kappa shape index (κ2) is 5.62. The number of aliphatic hydroxyl groups excluding tert-OH is 1. The number of rotatable bonds is 4. The van der Waals surface area contributed by atoms with E-state index in [1.807, 2.05) is 16.8 Å². The van der Waals surface area contributed by atoms with Gasteiger partial charge in [-0.3, -0.25) is 0 Å². The Morgan fingerprint density at radius 2 is 2.50 bits per heavy atom. The number of anilines is 1. The Kier molecular flexibility index (Phi) is 4.42. The first kappa shape index (κ1) is 11.0. The average Bonchev–Trinajstić information content (AvgIpc) is 2.56. The predicted octanol–water partition coefficient (Wildman–Crippen LogP) is 1.64. The van der Waals surface area contributed by atoms with Gasteiger partial charge in [0.1, 0.15) is 0 Å². The molecule has 78 valence electrons. The van der Waals surface area contributed by atoms with Gasteiger partial charge in [-0.1, -0.05) is 0 Å². The molecule has 1 rings (SSSR count). The third-order valence-electron chi connectivity index (χ3n) is 1.63. The summed E-state index contributed by atoms with van der Waals surface area (Å²) in [7, 11) is 0. The number of carbonyl (C=O) groups excluding carboxylic acids is 1. The van der Waals surface area contributed by atoms with Crippen molar-refractivity contribution in [2.24, 2.45) is 0 Å². The van der Waals surface area contributed by atoms with E-state index in [4.69, 9.17) is 5.11 Å². The van der Waals surface area contributed by atoms with Crippen molar-refractivity contribution in [3.05, 3.63) is 16.8 Å². The summed E-state index contributed by atoms with van der Waals surface area (Å²) in [6.45, 7) is 2.17. The molecule has 1 unspecified atom stereocenters. The number of thiophene rings is 1. The van der Waals surface area contributed by atoms with Crippen LogP contribution in [0.15, 0.2) is 16.8 Å². The van der Waals surface area contributed by atoms with Gasteiger partial charge in [0.05, 0.1) is 11.8 Å². The molecule has 1 aromatic heterocycles. The molecule has 0 bridgehead atoms. The maximum absolute atomic E-state index is 11.2. The Hall–Kier alpha value is -1.07. The highest BCUT2D eigenvalue weighted by molar-refractivity contribution is 7.08. The first-order chi connectivity index (χ1) is 6.68. The molecule has 0 aliphatic rings. The van der Waals surface area contributed by atoms with Crippen LogP contribution in [-0.4, -0.2) is 23.8 Å². The second-order valence-electron chi connectivity index (χ2n) is 3.03. The predicted molar refractivity (Wildman–Crippen MR) is 57.6 cm³/mol. The van der Waals surface area contributed by atoms with Gasteiger partial charge in [-0.15, -0.1) is 0 Å². The van der Waals surface area contributed by atoms with Crippen LogP contribution in [0.5, 0.6) is 0 Å². The second-order valence-corrected chi connectivity index (χ2v) is 3.81. The van der Waals surface area contributed by atoms with E-state index in [-0.39, 0.29) is 12.1 Å². The lowest BCUT2D eigenvalue weighted by atomic mass is 10.3. The number of hydrogen-bond acceptors (Lipinski definition) is 3. The van der Waals surface area contributed by atoms with Crippen molar-refractivity contribution in [3.63, 3.8) is 0 Å². The van der Waals surface area contributed by atoms with E-state index in [2.05, 4.69) is 10.6 Å². The number of urea groups is 1. The molecule has 0 saturated carbocycles. The molecule has 1 atom stereocenters. The third-order valence-corrected chi connectivity index (χ3v) is 2.31. The summed E-state index contributed by atoms with van der Waals surface area (Å²) < 4.78 is 0. The van der Waals surface area contributed by atoms with E-state index in [1.54, 1.807) is 6.92 Å². The minimum absolute atomic E-state index is 0.232. The molecular formula is C9H14N2O2S. The largest absolute Gasteiger partial charge is 0.393 e. The number of carbonyl (C=O) groups is 1. The zero-order chi connectivity index (χ0) is 10.4. The van der Waals surface area contributed by atoms with Crippen LogP contribution in [0.4, 0.5) is 10.5 Å². The smallest absolute Gasteiger partial charge is 0.319 e. The zero-order valence-corrected chi connectivity index (χ0v) is 8.80. The standard InChI is InChI=1S/C9H14N2O2S/c1-7(12)2-4-10-9(13)11-8-3-5-14-6-8/h3,5-7,12H,2,4H2,1H3,(H2,10,11,13). The Morgan fingerprint density at radius 1 is 1.71 bits per heavy atom. The van der Waals surface area contributed by atoms with E-state index in [9.17, 15) is 4.79 Å². The fourth-order valence-electron chi connectivity index (χ4n) is 0.905. The first-order valence-electron chi connectivity index (χ1n) is 4.43. The molecule has 0 spiro atoms. The minimum Gasteiger partial charge on any atom is -0.393 e. The van der Waals surface area contributed by atoms with E-state index in [0.29, 0.717) is 13.0 Å². The maximum atomic E-state index is 11.2. The lowest BCUT2D eigenvalue weighted by Crippen LogP contribution is -2.30. The first-order valence-corrected chi connectivity index (χ1v) is 5.38. The normalized spacial score (nSPS) is 12.1. The lowest BCUT2D eigenvalue weighted by molar-refractivity contribution is 0.184. The molecule has 0 aliphatic heterocycles. The van der Waals surface area contributed by atoms with E-state index < -0.39 is 0 Å². The fraction of sp³-hybridized carbons (Fsp3) is 0.444. The van der Waals surface area contributed by atoms with Crippen molar-refractivity contribution in [1.29, 1.82) is 0 Å².